The van der Waals surface area contributed by atoms with Crippen LogP contribution in [0.15, 0.2) is 29.3 Å². The molecule has 0 radical (unpaired) electrons. The van der Waals surface area contributed by atoms with Crippen molar-refractivity contribution in [3.8, 4) is 5.75 Å². The first-order chi connectivity index (χ1) is 9.80. The quantitative estimate of drug-likeness (QED) is 0.927. The van der Waals surface area contributed by atoms with Crippen LogP contribution >= 0.6 is 11.8 Å². The van der Waals surface area contributed by atoms with Crippen LogP contribution in [0.4, 0.5) is 0 Å². The molecule has 0 amide bonds. The molecule has 1 aromatic carbocycles. The maximum Gasteiger partial charge on any atom is 0.122 e. The van der Waals surface area contributed by atoms with E-state index in [1.807, 2.05) is 23.9 Å². The number of methoxy groups -OCH3 is 1. The lowest BCUT2D eigenvalue weighted by atomic mass is 9.86. The van der Waals surface area contributed by atoms with E-state index in [-0.39, 0.29) is 0 Å². The number of benzene rings is 1. The molecule has 2 N–H and O–H groups in total. The van der Waals surface area contributed by atoms with Gasteiger partial charge in [-0.2, -0.15) is 0 Å². The van der Waals surface area contributed by atoms with Crippen molar-refractivity contribution in [2.75, 3.05) is 13.7 Å². The summed E-state index contributed by atoms with van der Waals surface area (Å²) in [7, 11) is 1.73. The second kappa shape index (κ2) is 6.19. The lowest BCUT2D eigenvalue weighted by Crippen LogP contribution is -2.31. The molecular weight excluding hydrogens is 268 g/mol. The zero-order chi connectivity index (χ0) is 13.9. The van der Waals surface area contributed by atoms with Crippen molar-refractivity contribution in [3.63, 3.8) is 0 Å². The minimum absolute atomic E-state index is 0.521. The van der Waals surface area contributed by atoms with Crippen LogP contribution in [0.3, 0.4) is 0 Å². The van der Waals surface area contributed by atoms with Gasteiger partial charge in [0.05, 0.1) is 18.2 Å². The van der Waals surface area contributed by atoms with Gasteiger partial charge in [-0.1, -0.05) is 18.2 Å². The van der Waals surface area contributed by atoms with Gasteiger partial charge in [-0.15, -0.1) is 11.8 Å². The Balaban J connectivity index is 1.68. The van der Waals surface area contributed by atoms with Gasteiger partial charge < -0.3 is 10.5 Å². The average molecular weight is 290 g/mol. The topological polar surface area (TPSA) is 47.6 Å². The van der Waals surface area contributed by atoms with Gasteiger partial charge in [-0.25, -0.2) is 0 Å². The van der Waals surface area contributed by atoms with Gasteiger partial charge in [0, 0.05) is 17.2 Å². The number of aliphatic imine (C=N–C) groups is 1. The molecule has 3 nitrogen and oxygen atoms in total. The maximum absolute atomic E-state index is 5.82. The summed E-state index contributed by atoms with van der Waals surface area (Å²) in [4.78, 5) is 4.93. The Labute approximate surface area is 125 Å². The Kier molecular flexibility index (Phi) is 4.32. The van der Waals surface area contributed by atoms with Gasteiger partial charge in [-0.05, 0) is 37.8 Å². The van der Waals surface area contributed by atoms with Crippen molar-refractivity contribution in [1.82, 2.24) is 0 Å². The molecular formula is C16H22N2OS. The van der Waals surface area contributed by atoms with Gasteiger partial charge >= 0.3 is 0 Å². The summed E-state index contributed by atoms with van der Waals surface area (Å²) in [6.07, 6.45) is 4.57. The average Bonchev–Trinajstić information content (AvgIpc) is 2.89. The molecule has 1 aromatic rings. The van der Waals surface area contributed by atoms with E-state index in [4.69, 9.17) is 15.5 Å². The Morgan fingerprint density at radius 3 is 3.00 bits per heavy atom. The number of para-hydroxylation sites is 1. The van der Waals surface area contributed by atoms with Crippen molar-refractivity contribution in [2.45, 2.75) is 37.0 Å². The van der Waals surface area contributed by atoms with E-state index in [9.17, 15) is 0 Å². The first-order valence-electron chi connectivity index (χ1n) is 7.35. The number of hydrogen-bond acceptors (Lipinski definition) is 4. The number of rotatable bonds is 4. The maximum atomic E-state index is 5.82. The fourth-order valence-corrected chi connectivity index (χ4v) is 4.68. The van der Waals surface area contributed by atoms with Crippen LogP contribution in [0.5, 0.6) is 5.75 Å². The SMILES string of the molecule is COc1ccccc1CC1=NC2CCC(CN)CC2S1. The number of thioether (sulfide) groups is 1. The molecule has 0 bridgehead atoms. The molecule has 1 fully saturated rings. The van der Waals surface area contributed by atoms with Crippen molar-refractivity contribution in [2.24, 2.45) is 16.6 Å². The molecule has 108 valence electrons. The molecule has 3 unspecified atom stereocenters. The molecule has 2 aliphatic rings. The molecule has 4 heteroatoms. The zero-order valence-corrected chi connectivity index (χ0v) is 12.7. The second-order valence-corrected chi connectivity index (χ2v) is 6.96. The summed E-state index contributed by atoms with van der Waals surface area (Å²) in [6, 6.07) is 8.75. The fraction of sp³-hybridized carbons (Fsp3) is 0.562. The molecule has 0 spiro atoms. The van der Waals surface area contributed by atoms with Gasteiger partial charge in [0.15, 0.2) is 0 Å². The van der Waals surface area contributed by atoms with Gasteiger partial charge in [-0.3, -0.25) is 4.99 Å². The third-order valence-corrected chi connectivity index (χ3v) is 5.66. The third-order valence-electron chi connectivity index (χ3n) is 4.33. The van der Waals surface area contributed by atoms with Crippen LogP contribution in [0.2, 0.25) is 0 Å². The van der Waals surface area contributed by atoms with E-state index >= 15 is 0 Å². The highest BCUT2D eigenvalue weighted by molar-refractivity contribution is 8.14. The largest absolute Gasteiger partial charge is 0.496 e. The molecule has 3 rings (SSSR count). The Bertz CT molecular complexity index is 503. The van der Waals surface area contributed by atoms with Crippen LogP contribution in [-0.2, 0) is 6.42 Å². The first kappa shape index (κ1) is 14.0. The summed E-state index contributed by atoms with van der Waals surface area (Å²) < 4.78 is 5.43. The summed E-state index contributed by atoms with van der Waals surface area (Å²) in [5.74, 6) is 1.66. The van der Waals surface area contributed by atoms with Crippen molar-refractivity contribution >= 4 is 16.8 Å². The van der Waals surface area contributed by atoms with Gasteiger partial charge in [0.25, 0.3) is 0 Å². The first-order valence-corrected chi connectivity index (χ1v) is 8.23. The highest BCUT2D eigenvalue weighted by Crippen LogP contribution is 2.40. The van der Waals surface area contributed by atoms with E-state index in [0.717, 1.165) is 18.7 Å². The highest BCUT2D eigenvalue weighted by Gasteiger charge is 2.35. The van der Waals surface area contributed by atoms with E-state index < -0.39 is 0 Å². The Hall–Kier alpha value is -1.00. The predicted octanol–water partition coefficient (Wildman–Crippen LogP) is 2.88. The fourth-order valence-electron chi connectivity index (χ4n) is 3.17. The van der Waals surface area contributed by atoms with E-state index in [1.165, 1.54) is 29.9 Å². The summed E-state index contributed by atoms with van der Waals surface area (Å²) in [6.45, 7) is 0.825. The molecule has 0 saturated heterocycles. The van der Waals surface area contributed by atoms with Crippen molar-refractivity contribution in [3.05, 3.63) is 29.8 Å². The normalized spacial score (nSPS) is 28.9. The van der Waals surface area contributed by atoms with Crippen LogP contribution in [0, 0.1) is 5.92 Å². The van der Waals surface area contributed by atoms with Crippen LogP contribution in [0.25, 0.3) is 0 Å². The zero-order valence-electron chi connectivity index (χ0n) is 11.9. The monoisotopic (exact) mass is 290 g/mol. The number of fused-ring (bicyclic) bond motifs is 1. The number of nitrogens with two attached hydrogens (primary N) is 1. The third kappa shape index (κ3) is 2.86. The van der Waals surface area contributed by atoms with E-state index in [1.54, 1.807) is 7.11 Å². The molecule has 20 heavy (non-hydrogen) atoms. The highest BCUT2D eigenvalue weighted by atomic mass is 32.2. The predicted molar refractivity (Wildman–Crippen MR) is 85.7 cm³/mol. The summed E-state index contributed by atoms with van der Waals surface area (Å²) >= 11 is 1.97. The number of ether oxygens (including phenoxy) is 1. The summed E-state index contributed by atoms with van der Waals surface area (Å²) in [5.41, 5.74) is 7.05. The lowest BCUT2D eigenvalue weighted by Gasteiger charge is -2.28. The smallest absolute Gasteiger partial charge is 0.122 e. The van der Waals surface area contributed by atoms with E-state index in [0.29, 0.717) is 17.2 Å². The van der Waals surface area contributed by atoms with E-state index in [2.05, 4.69) is 12.1 Å². The van der Waals surface area contributed by atoms with Crippen molar-refractivity contribution < 1.29 is 4.74 Å². The van der Waals surface area contributed by atoms with Gasteiger partial charge in [0.1, 0.15) is 5.75 Å². The molecule has 0 aromatic heterocycles. The lowest BCUT2D eigenvalue weighted by molar-refractivity contribution is 0.347. The molecule has 3 atom stereocenters. The van der Waals surface area contributed by atoms with Gasteiger partial charge in [0.2, 0.25) is 0 Å². The minimum Gasteiger partial charge on any atom is -0.496 e. The standard InChI is InChI=1S/C16H22N2OS/c1-19-14-5-3-2-4-12(14)9-16-18-13-7-6-11(10-17)8-15(13)20-16/h2-5,11,13,15H,6-10,17H2,1H3. The van der Waals surface area contributed by atoms with Crippen LogP contribution in [0.1, 0.15) is 24.8 Å². The number of nitrogens with zero attached hydrogens (tertiary/aromatic N) is 1. The van der Waals surface area contributed by atoms with Crippen LogP contribution in [-0.4, -0.2) is 30.0 Å². The van der Waals surface area contributed by atoms with Crippen molar-refractivity contribution in [1.29, 1.82) is 0 Å². The summed E-state index contributed by atoms with van der Waals surface area (Å²) in [5, 5.41) is 1.92. The molecule has 1 aliphatic heterocycles. The Morgan fingerprint density at radius 2 is 2.20 bits per heavy atom. The minimum atomic E-state index is 0.521. The molecule has 1 saturated carbocycles. The molecule has 1 aliphatic carbocycles. The number of hydrogen-bond donors (Lipinski definition) is 1. The van der Waals surface area contributed by atoms with Crippen LogP contribution < -0.4 is 10.5 Å². The second-order valence-electron chi connectivity index (χ2n) is 5.65. The molecule has 1 heterocycles. The Morgan fingerprint density at radius 1 is 1.35 bits per heavy atom.